The Hall–Kier alpha value is -2.80. The van der Waals surface area contributed by atoms with Crippen LogP contribution in [0.5, 0.6) is 0 Å². The molecule has 0 aliphatic carbocycles. The van der Waals surface area contributed by atoms with Gasteiger partial charge in [0.05, 0.1) is 6.54 Å². The Morgan fingerprint density at radius 2 is 1.60 bits per heavy atom. The fourth-order valence-corrected chi connectivity index (χ4v) is 2.25. The highest BCUT2D eigenvalue weighted by Gasteiger charge is 2.13. The second-order valence-electron chi connectivity index (χ2n) is 5.58. The van der Waals surface area contributed by atoms with Gasteiger partial charge in [-0.2, -0.15) is 0 Å². The zero-order valence-corrected chi connectivity index (χ0v) is 13.9. The van der Waals surface area contributed by atoms with Crippen molar-refractivity contribution in [2.75, 3.05) is 17.2 Å². The second kappa shape index (κ2) is 8.34. The maximum absolute atomic E-state index is 13.7. The van der Waals surface area contributed by atoms with Crippen LogP contribution in [0.3, 0.4) is 0 Å². The van der Waals surface area contributed by atoms with Crippen LogP contribution < -0.4 is 16.0 Å². The summed E-state index contributed by atoms with van der Waals surface area (Å²) in [6, 6.07) is 9.53. The number of hydrogen-bond donors (Lipinski definition) is 3. The predicted molar refractivity (Wildman–Crippen MR) is 92.2 cm³/mol. The minimum Gasteiger partial charge on any atom is -0.326 e. The molecule has 0 radical (unpaired) electrons. The number of anilines is 2. The van der Waals surface area contributed by atoms with Gasteiger partial charge >= 0.3 is 0 Å². The van der Waals surface area contributed by atoms with Gasteiger partial charge in [0.25, 0.3) is 0 Å². The van der Waals surface area contributed by atoms with Gasteiger partial charge in [-0.3, -0.25) is 9.59 Å². The average molecular weight is 347 g/mol. The van der Waals surface area contributed by atoms with E-state index in [1.807, 2.05) is 0 Å². The standard InChI is InChI=1S/C18H19F2N3O2/c1-11(16-8-3-13(19)9-17(16)20)21-10-18(25)23-15-6-4-14(5-7-15)22-12(2)24/h3-9,11,21H,10H2,1-2H3,(H,22,24)(H,23,25)/t11-/m0/s1. The summed E-state index contributed by atoms with van der Waals surface area (Å²) < 4.78 is 26.6. The van der Waals surface area contributed by atoms with Crippen molar-refractivity contribution in [1.82, 2.24) is 5.32 Å². The van der Waals surface area contributed by atoms with Crippen molar-refractivity contribution in [2.24, 2.45) is 0 Å². The summed E-state index contributed by atoms with van der Waals surface area (Å²) in [4.78, 5) is 22.9. The number of halogens is 2. The molecule has 0 aliphatic rings. The predicted octanol–water partition coefficient (Wildman–Crippen LogP) is 3.21. The van der Waals surface area contributed by atoms with E-state index in [0.717, 1.165) is 6.07 Å². The van der Waals surface area contributed by atoms with Crippen molar-refractivity contribution in [3.05, 3.63) is 59.7 Å². The number of benzene rings is 2. The molecule has 0 fully saturated rings. The van der Waals surface area contributed by atoms with Crippen molar-refractivity contribution in [2.45, 2.75) is 19.9 Å². The first-order chi connectivity index (χ1) is 11.8. The molecule has 2 aromatic rings. The zero-order chi connectivity index (χ0) is 18.4. The lowest BCUT2D eigenvalue weighted by Gasteiger charge is -2.15. The quantitative estimate of drug-likeness (QED) is 0.751. The van der Waals surface area contributed by atoms with Crippen molar-refractivity contribution >= 4 is 23.2 Å². The third-order valence-corrected chi connectivity index (χ3v) is 3.49. The summed E-state index contributed by atoms with van der Waals surface area (Å²) >= 11 is 0. The highest BCUT2D eigenvalue weighted by molar-refractivity contribution is 5.93. The van der Waals surface area contributed by atoms with E-state index in [0.29, 0.717) is 11.4 Å². The van der Waals surface area contributed by atoms with Crippen molar-refractivity contribution in [3.63, 3.8) is 0 Å². The van der Waals surface area contributed by atoms with Crippen LogP contribution in [0.2, 0.25) is 0 Å². The molecule has 25 heavy (non-hydrogen) atoms. The van der Waals surface area contributed by atoms with Crippen LogP contribution in [0.1, 0.15) is 25.5 Å². The van der Waals surface area contributed by atoms with E-state index in [2.05, 4.69) is 16.0 Å². The first kappa shape index (κ1) is 18.5. The summed E-state index contributed by atoms with van der Waals surface area (Å²) in [5.41, 5.74) is 1.49. The molecule has 0 heterocycles. The van der Waals surface area contributed by atoms with E-state index < -0.39 is 17.7 Å². The van der Waals surface area contributed by atoms with E-state index in [1.165, 1.54) is 19.1 Å². The first-order valence-corrected chi connectivity index (χ1v) is 7.71. The third-order valence-electron chi connectivity index (χ3n) is 3.49. The van der Waals surface area contributed by atoms with E-state index in [1.54, 1.807) is 31.2 Å². The van der Waals surface area contributed by atoms with Gasteiger partial charge in [-0.05, 0) is 37.3 Å². The first-order valence-electron chi connectivity index (χ1n) is 7.71. The normalized spacial score (nSPS) is 11.7. The average Bonchev–Trinajstić information content (AvgIpc) is 2.54. The topological polar surface area (TPSA) is 70.2 Å². The lowest BCUT2D eigenvalue weighted by atomic mass is 10.1. The number of hydrogen-bond acceptors (Lipinski definition) is 3. The van der Waals surface area contributed by atoms with Crippen LogP contribution in [-0.2, 0) is 9.59 Å². The highest BCUT2D eigenvalue weighted by Crippen LogP contribution is 2.17. The Balaban J connectivity index is 1.86. The molecule has 0 aliphatic heterocycles. The molecule has 2 rings (SSSR count). The maximum Gasteiger partial charge on any atom is 0.238 e. The molecule has 0 saturated carbocycles. The van der Waals surface area contributed by atoms with Gasteiger partial charge in [0.1, 0.15) is 11.6 Å². The van der Waals surface area contributed by atoms with E-state index in [9.17, 15) is 18.4 Å². The summed E-state index contributed by atoms with van der Waals surface area (Å²) in [5.74, 6) is -1.78. The van der Waals surface area contributed by atoms with E-state index in [4.69, 9.17) is 0 Å². The van der Waals surface area contributed by atoms with Gasteiger partial charge in [0, 0.05) is 36.0 Å². The molecule has 2 amide bonds. The Morgan fingerprint density at radius 1 is 1.00 bits per heavy atom. The second-order valence-corrected chi connectivity index (χ2v) is 5.58. The van der Waals surface area contributed by atoms with Crippen LogP contribution in [0.15, 0.2) is 42.5 Å². The number of carbonyl (C=O) groups is 2. The fourth-order valence-electron chi connectivity index (χ4n) is 2.25. The molecule has 3 N–H and O–H groups in total. The van der Waals surface area contributed by atoms with Gasteiger partial charge in [-0.1, -0.05) is 6.07 Å². The van der Waals surface area contributed by atoms with Crippen LogP contribution in [-0.4, -0.2) is 18.4 Å². The molecular weight excluding hydrogens is 328 g/mol. The molecule has 5 nitrogen and oxygen atoms in total. The molecular formula is C18H19F2N3O2. The van der Waals surface area contributed by atoms with Crippen molar-refractivity contribution < 1.29 is 18.4 Å². The molecule has 1 atom stereocenters. The SMILES string of the molecule is CC(=O)Nc1ccc(NC(=O)CN[C@@H](C)c2ccc(F)cc2F)cc1. The summed E-state index contributed by atoms with van der Waals surface area (Å²) in [5, 5.41) is 8.20. The van der Waals surface area contributed by atoms with Crippen LogP contribution in [0.4, 0.5) is 20.2 Å². The number of rotatable bonds is 6. The van der Waals surface area contributed by atoms with Gasteiger partial charge in [-0.15, -0.1) is 0 Å². The van der Waals surface area contributed by atoms with Gasteiger partial charge in [-0.25, -0.2) is 8.78 Å². The lowest BCUT2D eigenvalue weighted by Crippen LogP contribution is -2.30. The number of nitrogens with one attached hydrogen (secondary N) is 3. The summed E-state index contributed by atoms with van der Waals surface area (Å²) in [7, 11) is 0. The number of amides is 2. The van der Waals surface area contributed by atoms with Gasteiger partial charge in [0.2, 0.25) is 11.8 Å². The Labute approximate surface area is 144 Å². The molecule has 132 valence electrons. The lowest BCUT2D eigenvalue weighted by molar-refractivity contribution is -0.115. The molecule has 0 spiro atoms. The molecule has 0 unspecified atom stereocenters. The minimum atomic E-state index is -0.658. The molecule has 7 heteroatoms. The fraction of sp³-hybridized carbons (Fsp3) is 0.222. The monoisotopic (exact) mass is 347 g/mol. The van der Waals surface area contributed by atoms with Crippen molar-refractivity contribution in [1.29, 1.82) is 0 Å². The molecule has 2 aromatic carbocycles. The van der Waals surface area contributed by atoms with Gasteiger partial charge in [0.15, 0.2) is 0 Å². The van der Waals surface area contributed by atoms with E-state index >= 15 is 0 Å². The summed E-state index contributed by atoms with van der Waals surface area (Å²) in [6.07, 6.45) is 0. The van der Waals surface area contributed by atoms with Crippen molar-refractivity contribution in [3.8, 4) is 0 Å². The Bertz CT molecular complexity index is 763. The number of carbonyl (C=O) groups excluding carboxylic acids is 2. The van der Waals surface area contributed by atoms with E-state index in [-0.39, 0.29) is 23.9 Å². The molecule has 0 aromatic heterocycles. The van der Waals surface area contributed by atoms with Crippen LogP contribution >= 0.6 is 0 Å². The third kappa shape index (κ3) is 5.65. The largest absolute Gasteiger partial charge is 0.326 e. The van der Waals surface area contributed by atoms with Gasteiger partial charge < -0.3 is 16.0 Å². The highest BCUT2D eigenvalue weighted by atomic mass is 19.1. The zero-order valence-electron chi connectivity index (χ0n) is 13.9. The molecule has 0 saturated heterocycles. The maximum atomic E-state index is 13.7. The smallest absolute Gasteiger partial charge is 0.238 e. The minimum absolute atomic E-state index is 0.0363. The summed E-state index contributed by atoms with van der Waals surface area (Å²) in [6.45, 7) is 3.06. The Kier molecular flexibility index (Phi) is 6.19. The molecule has 0 bridgehead atoms. The van der Waals surface area contributed by atoms with Crippen LogP contribution in [0, 0.1) is 11.6 Å². The Morgan fingerprint density at radius 3 is 2.16 bits per heavy atom. The van der Waals surface area contributed by atoms with Crippen LogP contribution in [0.25, 0.3) is 0 Å².